The summed E-state index contributed by atoms with van der Waals surface area (Å²) in [5.41, 5.74) is 1.49. The summed E-state index contributed by atoms with van der Waals surface area (Å²) in [6.45, 7) is 3.52. The number of ether oxygens (including phenoxy) is 1. The molecule has 34 heavy (non-hydrogen) atoms. The Labute approximate surface area is 198 Å². The van der Waals surface area contributed by atoms with E-state index in [2.05, 4.69) is 5.32 Å². The topological polar surface area (TPSA) is 79.0 Å². The molecule has 3 aromatic rings. The van der Waals surface area contributed by atoms with Crippen LogP contribution >= 0.6 is 0 Å². The standard InChI is InChI=1S/C27H27N3O4/c1-2-34-27(33)30-17-15-29(16-18-30)26(32)24(28-25(31)21-10-4-3-5-11-21)19-22-13-8-12-20-9-6-7-14-23(20)22/h3-14,19H,2,15-18H2,1H3,(H,28,31)/b24-19-. The average molecular weight is 458 g/mol. The molecule has 0 bridgehead atoms. The van der Waals surface area contributed by atoms with Gasteiger partial charge in [0, 0.05) is 31.7 Å². The first-order chi connectivity index (χ1) is 16.6. The molecule has 7 heteroatoms. The first-order valence-electron chi connectivity index (χ1n) is 11.3. The van der Waals surface area contributed by atoms with Crippen molar-refractivity contribution in [1.82, 2.24) is 15.1 Å². The number of piperazine rings is 1. The van der Waals surface area contributed by atoms with E-state index < -0.39 is 0 Å². The Morgan fingerprint density at radius 1 is 0.853 bits per heavy atom. The van der Waals surface area contributed by atoms with Gasteiger partial charge in [-0.3, -0.25) is 9.59 Å². The van der Waals surface area contributed by atoms with E-state index in [1.165, 1.54) is 0 Å². The van der Waals surface area contributed by atoms with Crippen molar-refractivity contribution >= 4 is 34.8 Å². The molecule has 174 valence electrons. The average Bonchev–Trinajstić information content (AvgIpc) is 2.88. The summed E-state index contributed by atoms with van der Waals surface area (Å²) in [4.78, 5) is 41.7. The van der Waals surface area contributed by atoms with Gasteiger partial charge in [-0.25, -0.2) is 4.79 Å². The second-order valence-electron chi connectivity index (χ2n) is 7.92. The van der Waals surface area contributed by atoms with Crippen LogP contribution in [-0.2, 0) is 9.53 Å². The Morgan fingerprint density at radius 3 is 2.24 bits per heavy atom. The van der Waals surface area contributed by atoms with Gasteiger partial charge in [-0.05, 0) is 41.5 Å². The molecule has 0 unspecified atom stereocenters. The lowest BCUT2D eigenvalue weighted by molar-refractivity contribution is -0.128. The number of hydrogen-bond acceptors (Lipinski definition) is 4. The van der Waals surface area contributed by atoms with E-state index in [-0.39, 0.29) is 23.6 Å². The van der Waals surface area contributed by atoms with Crippen LogP contribution in [0, 0.1) is 0 Å². The van der Waals surface area contributed by atoms with Gasteiger partial charge in [0.2, 0.25) is 0 Å². The largest absolute Gasteiger partial charge is 0.450 e. The fourth-order valence-corrected chi connectivity index (χ4v) is 3.94. The third kappa shape index (κ3) is 5.26. The minimum atomic E-state index is -0.376. The quantitative estimate of drug-likeness (QED) is 0.589. The van der Waals surface area contributed by atoms with Gasteiger partial charge < -0.3 is 19.9 Å². The number of rotatable bonds is 5. The van der Waals surface area contributed by atoms with E-state index in [1.807, 2.05) is 48.5 Å². The van der Waals surface area contributed by atoms with Crippen molar-refractivity contribution < 1.29 is 19.1 Å². The highest BCUT2D eigenvalue weighted by molar-refractivity contribution is 6.06. The summed E-state index contributed by atoms with van der Waals surface area (Å²) in [6, 6.07) is 22.5. The Balaban J connectivity index is 1.61. The Bertz CT molecular complexity index is 1210. The monoisotopic (exact) mass is 457 g/mol. The summed E-state index contributed by atoms with van der Waals surface area (Å²) in [7, 11) is 0. The molecule has 0 aliphatic carbocycles. The molecule has 0 saturated carbocycles. The van der Waals surface area contributed by atoms with Crippen LogP contribution in [0.25, 0.3) is 16.8 Å². The van der Waals surface area contributed by atoms with Gasteiger partial charge in [0.05, 0.1) is 6.61 Å². The van der Waals surface area contributed by atoms with E-state index in [1.54, 1.807) is 47.1 Å². The van der Waals surface area contributed by atoms with Gasteiger partial charge in [-0.1, -0.05) is 60.7 Å². The highest BCUT2D eigenvalue weighted by Crippen LogP contribution is 2.21. The molecule has 0 spiro atoms. The fourth-order valence-electron chi connectivity index (χ4n) is 3.94. The van der Waals surface area contributed by atoms with Crippen LogP contribution in [-0.4, -0.2) is 60.5 Å². The summed E-state index contributed by atoms with van der Waals surface area (Å²) in [6.07, 6.45) is 1.35. The molecule has 1 N–H and O–H groups in total. The Hall–Kier alpha value is -4.13. The number of fused-ring (bicyclic) bond motifs is 1. The molecule has 0 radical (unpaired) electrons. The highest BCUT2D eigenvalue weighted by atomic mass is 16.6. The number of amides is 3. The Kier molecular flexibility index (Phi) is 7.22. The first-order valence-corrected chi connectivity index (χ1v) is 11.3. The smallest absolute Gasteiger partial charge is 0.409 e. The molecule has 0 atom stereocenters. The number of carbonyl (C=O) groups excluding carboxylic acids is 3. The highest BCUT2D eigenvalue weighted by Gasteiger charge is 2.27. The molecule has 1 aliphatic rings. The first kappa shape index (κ1) is 23.0. The SMILES string of the molecule is CCOC(=O)N1CCN(C(=O)/C(=C/c2cccc3ccccc23)NC(=O)c2ccccc2)CC1. The van der Waals surface area contributed by atoms with E-state index in [9.17, 15) is 14.4 Å². The lowest BCUT2D eigenvalue weighted by Crippen LogP contribution is -2.52. The number of benzene rings is 3. The Morgan fingerprint density at radius 2 is 1.50 bits per heavy atom. The van der Waals surface area contributed by atoms with Gasteiger partial charge in [0.25, 0.3) is 11.8 Å². The number of carbonyl (C=O) groups is 3. The third-order valence-electron chi connectivity index (χ3n) is 5.73. The van der Waals surface area contributed by atoms with E-state index >= 15 is 0 Å². The van der Waals surface area contributed by atoms with Gasteiger partial charge in [-0.2, -0.15) is 0 Å². The second-order valence-corrected chi connectivity index (χ2v) is 7.92. The number of nitrogens with one attached hydrogen (secondary N) is 1. The van der Waals surface area contributed by atoms with Crippen LogP contribution in [0.5, 0.6) is 0 Å². The molecular weight excluding hydrogens is 430 g/mol. The third-order valence-corrected chi connectivity index (χ3v) is 5.73. The van der Waals surface area contributed by atoms with Crippen LogP contribution in [0.3, 0.4) is 0 Å². The molecule has 1 fully saturated rings. The van der Waals surface area contributed by atoms with E-state index in [4.69, 9.17) is 4.74 Å². The molecule has 0 aromatic heterocycles. The fraction of sp³-hybridized carbons (Fsp3) is 0.222. The van der Waals surface area contributed by atoms with Crippen molar-refractivity contribution in [3.05, 3.63) is 89.6 Å². The van der Waals surface area contributed by atoms with Gasteiger partial charge >= 0.3 is 6.09 Å². The lowest BCUT2D eigenvalue weighted by atomic mass is 10.0. The molecule has 3 amide bonds. The van der Waals surface area contributed by atoms with E-state index in [0.717, 1.165) is 16.3 Å². The van der Waals surface area contributed by atoms with Crippen LogP contribution in [0.2, 0.25) is 0 Å². The number of hydrogen-bond donors (Lipinski definition) is 1. The van der Waals surface area contributed by atoms with Crippen molar-refractivity contribution in [1.29, 1.82) is 0 Å². The van der Waals surface area contributed by atoms with Crippen molar-refractivity contribution in [3.63, 3.8) is 0 Å². The lowest BCUT2D eigenvalue weighted by Gasteiger charge is -2.34. The molecule has 1 aliphatic heterocycles. The number of nitrogens with zero attached hydrogens (tertiary/aromatic N) is 2. The zero-order valence-corrected chi connectivity index (χ0v) is 19.1. The summed E-state index contributed by atoms with van der Waals surface area (Å²) < 4.78 is 5.06. The zero-order chi connectivity index (χ0) is 23.9. The second kappa shape index (κ2) is 10.7. The molecule has 4 rings (SSSR count). The van der Waals surface area contributed by atoms with Crippen molar-refractivity contribution in [3.8, 4) is 0 Å². The summed E-state index contributed by atoms with van der Waals surface area (Å²) >= 11 is 0. The normalized spacial score (nSPS) is 14.1. The van der Waals surface area contributed by atoms with Gasteiger partial charge in [-0.15, -0.1) is 0 Å². The maximum atomic E-state index is 13.5. The van der Waals surface area contributed by atoms with Crippen molar-refractivity contribution in [2.45, 2.75) is 6.92 Å². The van der Waals surface area contributed by atoms with Crippen LogP contribution < -0.4 is 5.32 Å². The maximum absolute atomic E-state index is 13.5. The van der Waals surface area contributed by atoms with E-state index in [0.29, 0.717) is 38.3 Å². The minimum Gasteiger partial charge on any atom is -0.450 e. The van der Waals surface area contributed by atoms with Crippen molar-refractivity contribution in [2.75, 3.05) is 32.8 Å². The summed E-state index contributed by atoms with van der Waals surface area (Å²) in [5, 5.41) is 4.85. The predicted octanol–water partition coefficient (Wildman–Crippen LogP) is 3.91. The maximum Gasteiger partial charge on any atom is 0.409 e. The molecule has 1 heterocycles. The summed E-state index contributed by atoms with van der Waals surface area (Å²) in [5.74, 6) is -0.647. The zero-order valence-electron chi connectivity index (χ0n) is 19.1. The van der Waals surface area contributed by atoms with Crippen molar-refractivity contribution in [2.24, 2.45) is 0 Å². The van der Waals surface area contributed by atoms with Gasteiger partial charge in [0.1, 0.15) is 5.70 Å². The van der Waals surface area contributed by atoms with Crippen LogP contribution in [0.15, 0.2) is 78.5 Å². The predicted molar refractivity (Wildman–Crippen MR) is 131 cm³/mol. The molecule has 3 aromatic carbocycles. The van der Waals surface area contributed by atoms with Crippen LogP contribution in [0.4, 0.5) is 4.79 Å². The van der Waals surface area contributed by atoms with Crippen LogP contribution in [0.1, 0.15) is 22.8 Å². The minimum absolute atomic E-state index is 0.190. The van der Waals surface area contributed by atoms with Gasteiger partial charge in [0.15, 0.2) is 0 Å². The molecule has 7 nitrogen and oxygen atoms in total. The molecular formula is C27H27N3O4. The molecule has 1 saturated heterocycles.